The van der Waals surface area contributed by atoms with E-state index in [9.17, 15) is 18.0 Å². The molecule has 1 amide bonds. The second kappa shape index (κ2) is 6.79. The van der Waals surface area contributed by atoms with Gasteiger partial charge in [0.15, 0.2) is 0 Å². The molecule has 0 aromatic rings. The number of hydrogen-bond acceptors (Lipinski definition) is 4. The van der Waals surface area contributed by atoms with Crippen LogP contribution in [0.3, 0.4) is 0 Å². The molecule has 23 heavy (non-hydrogen) atoms. The van der Waals surface area contributed by atoms with E-state index in [0.29, 0.717) is 0 Å². The van der Waals surface area contributed by atoms with Crippen molar-refractivity contribution in [3.8, 4) is 0 Å². The van der Waals surface area contributed by atoms with Crippen LogP contribution in [-0.4, -0.2) is 54.4 Å². The molecule has 0 spiro atoms. The minimum absolute atomic E-state index is 0.0255. The van der Waals surface area contributed by atoms with Crippen LogP contribution in [0, 0.1) is 5.41 Å². The van der Waals surface area contributed by atoms with Gasteiger partial charge in [0.1, 0.15) is 9.84 Å². The van der Waals surface area contributed by atoms with E-state index in [2.05, 4.69) is 0 Å². The first-order valence-corrected chi connectivity index (χ1v) is 10.4. The van der Waals surface area contributed by atoms with Crippen LogP contribution < -0.4 is 0 Å². The van der Waals surface area contributed by atoms with E-state index in [0.717, 1.165) is 38.5 Å². The first kappa shape index (κ1) is 18.2. The van der Waals surface area contributed by atoms with E-state index < -0.39 is 21.2 Å². The minimum Gasteiger partial charge on any atom is -0.481 e. The Morgan fingerprint density at radius 2 is 1.78 bits per heavy atom. The fraction of sp³-hybridized carbons (Fsp3) is 0.875. The van der Waals surface area contributed by atoms with Crippen molar-refractivity contribution < 1.29 is 23.1 Å². The second-order valence-electron chi connectivity index (χ2n) is 7.43. The molecule has 2 aliphatic rings. The van der Waals surface area contributed by atoms with Crippen LogP contribution >= 0.6 is 0 Å². The molecular formula is C16H27NO5S. The molecule has 132 valence electrons. The van der Waals surface area contributed by atoms with E-state index >= 15 is 0 Å². The highest BCUT2D eigenvalue weighted by molar-refractivity contribution is 7.90. The summed E-state index contributed by atoms with van der Waals surface area (Å²) in [5.41, 5.74) is -0.444. The maximum absolute atomic E-state index is 12.8. The maximum atomic E-state index is 12.8. The summed E-state index contributed by atoms with van der Waals surface area (Å²) in [5.74, 6) is -0.977. The molecule has 0 radical (unpaired) electrons. The Morgan fingerprint density at radius 1 is 1.22 bits per heavy atom. The molecule has 0 saturated heterocycles. The molecule has 0 aromatic carbocycles. The normalized spacial score (nSPS) is 21.8. The van der Waals surface area contributed by atoms with E-state index in [4.69, 9.17) is 5.11 Å². The molecule has 2 rings (SSSR count). The summed E-state index contributed by atoms with van der Waals surface area (Å²) >= 11 is 0. The minimum atomic E-state index is -3.16. The van der Waals surface area contributed by atoms with Crippen LogP contribution in [0.4, 0.5) is 0 Å². The number of amides is 1. The van der Waals surface area contributed by atoms with Crippen molar-refractivity contribution in [1.29, 1.82) is 0 Å². The Bertz CT molecular complexity index is 561. The van der Waals surface area contributed by atoms with Gasteiger partial charge >= 0.3 is 5.97 Å². The number of carbonyl (C=O) groups is 2. The molecule has 0 aliphatic heterocycles. The summed E-state index contributed by atoms with van der Waals surface area (Å²) in [6, 6.07) is -0.226. The highest BCUT2D eigenvalue weighted by Crippen LogP contribution is 2.45. The number of sulfone groups is 1. The lowest BCUT2D eigenvalue weighted by Gasteiger charge is -2.34. The molecule has 2 fully saturated rings. The number of nitrogens with zero attached hydrogens (tertiary/aromatic N) is 1. The fourth-order valence-electron chi connectivity index (χ4n) is 3.95. The molecule has 1 N–H and O–H groups in total. The summed E-state index contributed by atoms with van der Waals surface area (Å²) in [6.45, 7) is 1.77. The number of carbonyl (C=O) groups excluding carboxylic acids is 1. The first-order valence-electron chi connectivity index (χ1n) is 8.33. The second-order valence-corrected chi connectivity index (χ2v) is 9.61. The Hall–Kier alpha value is -1.11. The van der Waals surface area contributed by atoms with Gasteiger partial charge in [-0.25, -0.2) is 8.42 Å². The number of rotatable bonds is 8. The molecule has 1 atom stereocenters. The van der Waals surface area contributed by atoms with Crippen molar-refractivity contribution >= 4 is 21.7 Å². The lowest BCUT2D eigenvalue weighted by atomic mass is 9.79. The van der Waals surface area contributed by atoms with Gasteiger partial charge in [0, 0.05) is 24.8 Å². The van der Waals surface area contributed by atoms with Gasteiger partial charge in [-0.05, 0) is 38.0 Å². The van der Waals surface area contributed by atoms with Crippen molar-refractivity contribution in [2.45, 2.75) is 70.4 Å². The number of carboxylic acids is 1. The van der Waals surface area contributed by atoms with Gasteiger partial charge in [-0.1, -0.05) is 12.8 Å². The van der Waals surface area contributed by atoms with E-state index in [1.54, 1.807) is 11.8 Å². The monoisotopic (exact) mass is 345 g/mol. The zero-order valence-electron chi connectivity index (χ0n) is 14.0. The molecule has 0 aromatic heterocycles. The van der Waals surface area contributed by atoms with Crippen LogP contribution in [-0.2, 0) is 19.4 Å². The third-order valence-corrected chi connectivity index (χ3v) is 6.05. The summed E-state index contributed by atoms with van der Waals surface area (Å²) in [5, 5.41) is 9.17. The number of carboxylic acid groups (broad SMARTS) is 1. The highest BCUT2D eigenvalue weighted by atomic mass is 32.2. The molecule has 2 aliphatic carbocycles. The third kappa shape index (κ3) is 5.19. The van der Waals surface area contributed by atoms with E-state index in [1.165, 1.54) is 6.26 Å². The van der Waals surface area contributed by atoms with Gasteiger partial charge in [0.25, 0.3) is 0 Å². The van der Waals surface area contributed by atoms with Crippen LogP contribution in [0.25, 0.3) is 0 Å². The quantitative estimate of drug-likeness (QED) is 0.725. The largest absolute Gasteiger partial charge is 0.481 e. The first-order chi connectivity index (χ1) is 10.6. The summed E-state index contributed by atoms with van der Waals surface area (Å²) in [7, 11) is -3.16. The van der Waals surface area contributed by atoms with Gasteiger partial charge in [-0.15, -0.1) is 0 Å². The maximum Gasteiger partial charge on any atom is 0.303 e. The Kier molecular flexibility index (Phi) is 5.38. The molecule has 0 unspecified atom stereocenters. The van der Waals surface area contributed by atoms with Crippen LogP contribution in [0.1, 0.15) is 58.3 Å². The van der Waals surface area contributed by atoms with Gasteiger partial charge in [0.05, 0.1) is 12.2 Å². The number of hydrogen-bond donors (Lipinski definition) is 1. The molecule has 0 bridgehead atoms. The van der Waals surface area contributed by atoms with Crippen LogP contribution in [0.2, 0.25) is 0 Å². The van der Waals surface area contributed by atoms with Crippen LogP contribution in [0.5, 0.6) is 0 Å². The predicted molar refractivity (Wildman–Crippen MR) is 86.8 cm³/mol. The van der Waals surface area contributed by atoms with Gasteiger partial charge < -0.3 is 10.0 Å². The Labute approximate surface area is 138 Å². The number of aliphatic carboxylic acids is 1. The molecular weight excluding hydrogens is 318 g/mol. The predicted octanol–water partition coefficient (Wildman–Crippen LogP) is 1.84. The Morgan fingerprint density at radius 3 is 2.22 bits per heavy atom. The molecule has 2 saturated carbocycles. The average Bonchev–Trinajstić information content (AvgIpc) is 3.07. The summed E-state index contributed by atoms with van der Waals surface area (Å²) in [4.78, 5) is 25.7. The Balaban J connectivity index is 2.09. The summed E-state index contributed by atoms with van der Waals surface area (Å²) < 4.78 is 23.1. The van der Waals surface area contributed by atoms with Crippen molar-refractivity contribution in [2.75, 3.05) is 12.0 Å². The SMILES string of the molecule is C[C@@H](CS(C)(=O)=O)N(C(=O)CC1(CC(=O)O)CCCC1)C1CC1. The van der Waals surface area contributed by atoms with Crippen molar-refractivity contribution in [2.24, 2.45) is 5.41 Å². The zero-order chi connectivity index (χ0) is 17.3. The van der Waals surface area contributed by atoms with E-state index in [1.807, 2.05) is 0 Å². The average molecular weight is 345 g/mol. The lowest BCUT2D eigenvalue weighted by Crippen LogP contribution is -2.45. The van der Waals surface area contributed by atoms with Crippen molar-refractivity contribution in [3.05, 3.63) is 0 Å². The van der Waals surface area contributed by atoms with Gasteiger partial charge in [-0.2, -0.15) is 0 Å². The van der Waals surface area contributed by atoms with Crippen LogP contribution in [0.15, 0.2) is 0 Å². The lowest BCUT2D eigenvalue weighted by molar-refractivity contribution is -0.142. The third-order valence-electron chi connectivity index (χ3n) is 4.96. The molecule has 7 heteroatoms. The molecule has 6 nitrogen and oxygen atoms in total. The van der Waals surface area contributed by atoms with Crippen molar-refractivity contribution in [1.82, 2.24) is 4.90 Å². The molecule has 0 heterocycles. The van der Waals surface area contributed by atoms with Gasteiger partial charge in [0.2, 0.25) is 5.91 Å². The summed E-state index contributed by atoms with van der Waals surface area (Å²) in [6.07, 6.45) is 6.71. The highest BCUT2D eigenvalue weighted by Gasteiger charge is 2.43. The van der Waals surface area contributed by atoms with E-state index in [-0.39, 0.29) is 36.6 Å². The fourth-order valence-corrected chi connectivity index (χ4v) is 4.99. The van der Waals surface area contributed by atoms with Crippen molar-refractivity contribution in [3.63, 3.8) is 0 Å². The van der Waals surface area contributed by atoms with Gasteiger partial charge in [-0.3, -0.25) is 9.59 Å². The standard InChI is InChI=1S/C16H27NO5S/c1-12(11-23(2,21)22)17(13-5-6-13)14(18)9-16(10-15(19)20)7-3-4-8-16/h12-13H,3-11H2,1-2H3,(H,19,20)/t12-/m0/s1. The zero-order valence-corrected chi connectivity index (χ0v) is 14.8. The smallest absolute Gasteiger partial charge is 0.303 e. The topological polar surface area (TPSA) is 91.8 Å².